The van der Waals surface area contributed by atoms with E-state index in [-0.39, 0.29) is 17.9 Å². The van der Waals surface area contributed by atoms with Crippen molar-refractivity contribution in [3.63, 3.8) is 0 Å². The van der Waals surface area contributed by atoms with Crippen LogP contribution in [0.1, 0.15) is 46.0 Å². The van der Waals surface area contributed by atoms with Gasteiger partial charge in [-0.1, -0.05) is 37.9 Å². The summed E-state index contributed by atoms with van der Waals surface area (Å²) in [4.78, 5) is 30.7. The number of esters is 1. The highest BCUT2D eigenvalue weighted by Gasteiger charge is 2.65. The normalized spacial score (nSPS) is 22.9. The molecular formula is C17H26F3N3O4S. The van der Waals surface area contributed by atoms with Crippen molar-refractivity contribution in [3.05, 3.63) is 0 Å². The van der Waals surface area contributed by atoms with Gasteiger partial charge in [-0.05, 0) is 19.8 Å². The van der Waals surface area contributed by atoms with Crippen LogP contribution in [0.4, 0.5) is 18.0 Å². The summed E-state index contributed by atoms with van der Waals surface area (Å²) in [6.45, 7) is 3.48. The molecule has 2 amide bonds. The molecule has 1 aliphatic carbocycles. The molecule has 1 fully saturated rings. The van der Waals surface area contributed by atoms with E-state index in [0.29, 0.717) is 31.7 Å². The predicted molar refractivity (Wildman–Crippen MR) is 99.0 cm³/mol. The molecule has 0 bridgehead atoms. The van der Waals surface area contributed by atoms with Crippen molar-refractivity contribution in [2.75, 3.05) is 20.3 Å². The third-order valence-electron chi connectivity index (χ3n) is 4.71. The van der Waals surface area contributed by atoms with Gasteiger partial charge in [-0.3, -0.25) is 15.2 Å². The average molecular weight is 425 g/mol. The van der Waals surface area contributed by atoms with E-state index in [0.717, 1.165) is 19.3 Å². The largest absolute Gasteiger partial charge is 0.462 e. The maximum absolute atomic E-state index is 13.8. The quantitative estimate of drug-likeness (QED) is 0.540. The van der Waals surface area contributed by atoms with E-state index in [1.165, 1.54) is 23.6 Å². The van der Waals surface area contributed by atoms with Gasteiger partial charge in [0.05, 0.1) is 13.2 Å². The highest BCUT2D eigenvalue weighted by Crippen LogP contribution is 2.34. The van der Waals surface area contributed by atoms with Crippen LogP contribution in [0.15, 0.2) is 4.99 Å². The molecule has 2 atom stereocenters. The smallest absolute Gasteiger partial charge is 0.448 e. The second-order valence-corrected chi connectivity index (χ2v) is 8.15. The number of amidine groups is 1. The highest BCUT2D eigenvalue weighted by atomic mass is 32.2. The second-order valence-electron chi connectivity index (χ2n) is 6.75. The minimum absolute atomic E-state index is 0.119. The Kier molecular flexibility index (Phi) is 7.60. The number of rotatable bonds is 5. The standard InChI is InChI=1S/C17H26F3N3O4S/c1-4-27-13(24)16(26-3,17(18,19)20)22-14(25)23(12-8-6-5-7-9-12)15-21-10-11(2)28-15/h11-12H,4-10H2,1-3H3,(H,22,25)/t11-,16-/m1/s1. The topological polar surface area (TPSA) is 80.2 Å². The van der Waals surface area contributed by atoms with E-state index in [1.54, 1.807) is 5.32 Å². The summed E-state index contributed by atoms with van der Waals surface area (Å²) in [7, 11) is 0.708. The monoisotopic (exact) mass is 425 g/mol. The Labute approximate surface area is 166 Å². The minimum atomic E-state index is -5.21. The van der Waals surface area contributed by atoms with Gasteiger partial charge >= 0.3 is 23.9 Å². The van der Waals surface area contributed by atoms with Crippen molar-refractivity contribution in [3.8, 4) is 0 Å². The molecule has 11 heteroatoms. The lowest BCUT2D eigenvalue weighted by Crippen LogP contribution is -2.68. The Morgan fingerprint density at radius 3 is 2.39 bits per heavy atom. The Balaban J connectivity index is 2.34. The zero-order valence-electron chi connectivity index (χ0n) is 16.2. The first-order valence-corrected chi connectivity index (χ1v) is 10.2. The number of urea groups is 1. The Morgan fingerprint density at radius 2 is 1.93 bits per heavy atom. The van der Waals surface area contributed by atoms with Crippen LogP contribution >= 0.6 is 11.8 Å². The number of alkyl halides is 3. The maximum Gasteiger partial charge on any atom is 0.448 e. The van der Waals surface area contributed by atoms with Gasteiger partial charge in [-0.2, -0.15) is 13.2 Å². The molecule has 7 nitrogen and oxygen atoms in total. The molecule has 1 saturated carbocycles. The zero-order chi connectivity index (χ0) is 20.9. The molecule has 0 unspecified atom stereocenters. The zero-order valence-corrected chi connectivity index (χ0v) is 17.0. The van der Waals surface area contributed by atoms with Gasteiger partial charge in [0.2, 0.25) is 0 Å². The fraction of sp³-hybridized carbons (Fsp3) is 0.824. The molecule has 1 heterocycles. The first kappa shape index (κ1) is 22.8. The van der Waals surface area contributed by atoms with E-state index < -0.39 is 23.9 Å². The predicted octanol–water partition coefficient (Wildman–Crippen LogP) is 3.29. The molecular weight excluding hydrogens is 399 g/mol. The van der Waals surface area contributed by atoms with E-state index in [2.05, 4.69) is 14.5 Å². The van der Waals surface area contributed by atoms with Crippen LogP contribution < -0.4 is 5.32 Å². The molecule has 160 valence electrons. The van der Waals surface area contributed by atoms with Gasteiger partial charge in [0.15, 0.2) is 5.17 Å². The van der Waals surface area contributed by atoms with E-state index >= 15 is 0 Å². The van der Waals surface area contributed by atoms with Crippen LogP contribution in [-0.4, -0.2) is 65.5 Å². The number of ether oxygens (including phenoxy) is 2. The number of amides is 2. The third-order valence-corrected chi connectivity index (χ3v) is 5.79. The third kappa shape index (κ3) is 4.73. The number of halogens is 3. The first-order chi connectivity index (χ1) is 13.2. The van der Waals surface area contributed by atoms with Crippen molar-refractivity contribution in [2.45, 2.75) is 69.1 Å². The summed E-state index contributed by atoms with van der Waals surface area (Å²) in [6, 6.07) is -1.35. The first-order valence-electron chi connectivity index (χ1n) is 9.27. The van der Waals surface area contributed by atoms with Gasteiger partial charge in [-0.25, -0.2) is 9.59 Å². The van der Waals surface area contributed by atoms with Crippen LogP contribution in [0.2, 0.25) is 0 Å². The summed E-state index contributed by atoms with van der Waals surface area (Å²) in [5.74, 6) is -1.71. The number of thioether (sulfide) groups is 1. The lowest BCUT2D eigenvalue weighted by Gasteiger charge is -2.38. The number of hydrogen-bond donors (Lipinski definition) is 1. The van der Waals surface area contributed by atoms with Crippen LogP contribution in [0.25, 0.3) is 0 Å². The van der Waals surface area contributed by atoms with Gasteiger partial charge in [0.1, 0.15) is 0 Å². The Morgan fingerprint density at radius 1 is 1.29 bits per heavy atom. The van der Waals surface area contributed by atoms with Crippen LogP contribution in [0, 0.1) is 0 Å². The molecule has 2 aliphatic rings. The highest BCUT2D eigenvalue weighted by molar-refractivity contribution is 8.14. The summed E-state index contributed by atoms with van der Waals surface area (Å²) in [6.07, 6.45) is -1.14. The van der Waals surface area contributed by atoms with Crippen LogP contribution in [0.3, 0.4) is 0 Å². The lowest BCUT2D eigenvalue weighted by atomic mass is 9.94. The van der Waals surface area contributed by atoms with E-state index in [9.17, 15) is 22.8 Å². The molecule has 1 N–H and O–H groups in total. The SMILES string of the molecule is CCOC(=O)[C@@](NC(=O)N(C1=NC[C@@H](C)S1)C1CCCCC1)(OC)C(F)(F)F. The number of carbonyl (C=O) groups excluding carboxylic acids is 2. The average Bonchev–Trinajstić information content (AvgIpc) is 3.05. The number of aliphatic imine (C=N–C) groups is 1. The van der Waals surface area contributed by atoms with Crippen LogP contribution in [-0.2, 0) is 14.3 Å². The number of hydrogen-bond acceptors (Lipinski definition) is 6. The molecule has 0 radical (unpaired) electrons. The fourth-order valence-corrected chi connectivity index (χ4v) is 4.28. The molecule has 0 spiro atoms. The summed E-state index contributed by atoms with van der Waals surface area (Å²) < 4.78 is 50.3. The van der Waals surface area contributed by atoms with Gasteiger partial charge in [-0.15, -0.1) is 0 Å². The fourth-order valence-electron chi connectivity index (χ4n) is 3.27. The number of methoxy groups -OCH3 is 1. The number of carbonyl (C=O) groups is 2. The van der Waals surface area contributed by atoms with Crippen LogP contribution in [0.5, 0.6) is 0 Å². The van der Waals surface area contributed by atoms with Gasteiger partial charge in [0.25, 0.3) is 0 Å². The Bertz CT molecular complexity index is 611. The summed E-state index contributed by atoms with van der Waals surface area (Å²) in [5.41, 5.74) is -3.58. The molecule has 1 aliphatic heterocycles. The van der Waals surface area contributed by atoms with Gasteiger partial charge < -0.3 is 9.47 Å². The van der Waals surface area contributed by atoms with Crippen molar-refractivity contribution >= 4 is 28.9 Å². The summed E-state index contributed by atoms with van der Waals surface area (Å²) in [5, 5.41) is 2.25. The summed E-state index contributed by atoms with van der Waals surface area (Å²) >= 11 is 1.33. The van der Waals surface area contributed by atoms with Crippen molar-refractivity contribution in [1.82, 2.24) is 10.2 Å². The number of nitrogens with zero attached hydrogens (tertiary/aromatic N) is 2. The van der Waals surface area contributed by atoms with E-state index in [4.69, 9.17) is 0 Å². The molecule has 0 saturated heterocycles. The Hall–Kier alpha value is -1.49. The molecule has 2 rings (SSSR count). The molecule has 0 aromatic heterocycles. The van der Waals surface area contributed by atoms with Crippen molar-refractivity contribution in [2.24, 2.45) is 4.99 Å². The number of nitrogens with one attached hydrogen (secondary N) is 1. The minimum Gasteiger partial charge on any atom is -0.462 e. The van der Waals surface area contributed by atoms with Crippen molar-refractivity contribution < 1.29 is 32.2 Å². The van der Waals surface area contributed by atoms with Gasteiger partial charge in [0, 0.05) is 18.4 Å². The molecule has 0 aromatic carbocycles. The lowest BCUT2D eigenvalue weighted by molar-refractivity contribution is -0.277. The molecule has 28 heavy (non-hydrogen) atoms. The second kappa shape index (κ2) is 9.34. The van der Waals surface area contributed by atoms with E-state index in [1.807, 2.05) is 6.92 Å². The molecule has 0 aromatic rings. The van der Waals surface area contributed by atoms with Crippen molar-refractivity contribution in [1.29, 1.82) is 0 Å². The maximum atomic E-state index is 13.8.